The number of hydrogen-bond donors (Lipinski definition) is 0. The van der Waals surface area contributed by atoms with Gasteiger partial charge in [0.25, 0.3) is 11.1 Å². The zero-order valence-corrected chi connectivity index (χ0v) is 14.7. The largest absolute Gasteiger partial charge is 0.411 e. The summed E-state index contributed by atoms with van der Waals surface area (Å²) in [4.78, 5) is 13.6. The smallest absolute Gasteiger partial charge is 0.277 e. The molecule has 0 aliphatic rings. The molecule has 0 N–H and O–H groups in total. The maximum atomic E-state index is 13.7. The van der Waals surface area contributed by atoms with Gasteiger partial charge in [-0.3, -0.25) is 4.79 Å². The normalized spacial score (nSPS) is 10.7. The molecule has 0 unspecified atom stereocenters. The minimum atomic E-state index is -0.464. The molecule has 0 saturated carbocycles. The van der Waals surface area contributed by atoms with Crippen LogP contribution in [0.25, 0.3) is 11.5 Å². The molecule has 3 aromatic rings. The Balaban J connectivity index is 1.58. The molecule has 0 saturated heterocycles. The van der Waals surface area contributed by atoms with E-state index in [2.05, 4.69) is 10.2 Å². The SMILES string of the molecule is CN(Cc1ccccc1F)C(=O)CSc1nnc(-c2ccccc2F)o1. The fourth-order valence-electron chi connectivity index (χ4n) is 2.22. The zero-order valence-electron chi connectivity index (χ0n) is 13.9. The fraction of sp³-hybridized carbons (Fsp3) is 0.167. The van der Waals surface area contributed by atoms with Crippen LogP contribution in [0.15, 0.2) is 58.2 Å². The van der Waals surface area contributed by atoms with Gasteiger partial charge in [0.2, 0.25) is 5.91 Å². The molecule has 0 aliphatic carbocycles. The number of amides is 1. The van der Waals surface area contributed by atoms with Crippen LogP contribution < -0.4 is 0 Å². The number of rotatable bonds is 6. The first-order chi connectivity index (χ1) is 12.5. The molecule has 1 amide bonds. The highest BCUT2D eigenvalue weighted by Gasteiger charge is 2.16. The third-order valence-corrected chi connectivity index (χ3v) is 4.42. The van der Waals surface area contributed by atoms with Gasteiger partial charge in [0.1, 0.15) is 11.6 Å². The molecular weight excluding hydrogens is 360 g/mol. The standard InChI is InChI=1S/C18H15F2N3O2S/c1-23(10-12-6-2-4-8-14(12)19)16(24)11-26-18-22-21-17(25-18)13-7-3-5-9-15(13)20/h2-9H,10-11H2,1H3. The van der Waals surface area contributed by atoms with Gasteiger partial charge in [0.05, 0.1) is 11.3 Å². The van der Waals surface area contributed by atoms with Crippen LogP contribution in [0.4, 0.5) is 8.78 Å². The second kappa shape index (κ2) is 8.09. The second-order valence-corrected chi connectivity index (χ2v) is 6.41. The van der Waals surface area contributed by atoms with E-state index in [1.54, 1.807) is 37.4 Å². The van der Waals surface area contributed by atoms with Crippen molar-refractivity contribution in [2.24, 2.45) is 0 Å². The summed E-state index contributed by atoms with van der Waals surface area (Å²) in [5, 5.41) is 7.77. The number of thioether (sulfide) groups is 1. The first-order valence-corrected chi connectivity index (χ1v) is 8.71. The van der Waals surface area contributed by atoms with Crippen LogP contribution in [-0.2, 0) is 11.3 Å². The molecule has 0 radical (unpaired) electrons. The molecule has 1 aromatic heterocycles. The van der Waals surface area contributed by atoms with Gasteiger partial charge in [0, 0.05) is 19.2 Å². The molecule has 5 nitrogen and oxygen atoms in total. The van der Waals surface area contributed by atoms with Gasteiger partial charge in [-0.25, -0.2) is 8.78 Å². The quantitative estimate of drug-likeness (QED) is 0.614. The molecule has 8 heteroatoms. The highest BCUT2D eigenvalue weighted by atomic mass is 32.2. The van der Waals surface area contributed by atoms with Crippen molar-refractivity contribution in [2.75, 3.05) is 12.8 Å². The van der Waals surface area contributed by atoms with E-state index in [1.807, 2.05) is 0 Å². The maximum absolute atomic E-state index is 13.7. The van der Waals surface area contributed by atoms with Crippen molar-refractivity contribution in [1.82, 2.24) is 15.1 Å². The van der Waals surface area contributed by atoms with E-state index in [-0.39, 0.29) is 40.7 Å². The Bertz CT molecular complexity index is 917. The number of nitrogens with zero attached hydrogens (tertiary/aromatic N) is 3. The van der Waals surface area contributed by atoms with E-state index in [9.17, 15) is 13.6 Å². The third-order valence-electron chi connectivity index (χ3n) is 3.62. The van der Waals surface area contributed by atoms with Crippen LogP contribution >= 0.6 is 11.8 Å². The average Bonchev–Trinajstić information content (AvgIpc) is 3.10. The summed E-state index contributed by atoms with van der Waals surface area (Å²) in [6.45, 7) is 0.163. The van der Waals surface area contributed by atoms with Crippen LogP contribution in [0.5, 0.6) is 0 Å². The lowest BCUT2D eigenvalue weighted by Crippen LogP contribution is -2.28. The highest BCUT2D eigenvalue weighted by Crippen LogP contribution is 2.25. The van der Waals surface area contributed by atoms with E-state index in [4.69, 9.17) is 4.42 Å². The van der Waals surface area contributed by atoms with Crippen molar-refractivity contribution >= 4 is 17.7 Å². The van der Waals surface area contributed by atoms with E-state index >= 15 is 0 Å². The average molecular weight is 375 g/mol. The van der Waals surface area contributed by atoms with Crippen LogP contribution in [0.1, 0.15) is 5.56 Å². The van der Waals surface area contributed by atoms with Gasteiger partial charge in [-0.1, -0.05) is 42.1 Å². The Morgan fingerprint density at radius 3 is 2.50 bits per heavy atom. The summed E-state index contributed by atoms with van der Waals surface area (Å²) in [6, 6.07) is 12.4. The molecule has 0 aliphatic heterocycles. The number of aromatic nitrogens is 2. The van der Waals surface area contributed by atoms with Gasteiger partial charge in [0.15, 0.2) is 0 Å². The zero-order chi connectivity index (χ0) is 18.5. The molecule has 0 bridgehead atoms. The minimum Gasteiger partial charge on any atom is -0.411 e. The summed E-state index contributed by atoms with van der Waals surface area (Å²) in [5.41, 5.74) is 0.642. The van der Waals surface area contributed by atoms with Gasteiger partial charge < -0.3 is 9.32 Å². The summed E-state index contributed by atoms with van der Waals surface area (Å²) < 4.78 is 32.8. The third kappa shape index (κ3) is 4.26. The summed E-state index contributed by atoms with van der Waals surface area (Å²) in [7, 11) is 1.59. The minimum absolute atomic E-state index is 0.0455. The first kappa shape index (κ1) is 18.1. The lowest BCUT2D eigenvalue weighted by Gasteiger charge is -2.16. The van der Waals surface area contributed by atoms with Crippen molar-refractivity contribution in [2.45, 2.75) is 11.8 Å². The number of halogens is 2. The lowest BCUT2D eigenvalue weighted by atomic mass is 10.2. The van der Waals surface area contributed by atoms with Crippen LogP contribution in [0, 0.1) is 11.6 Å². The van der Waals surface area contributed by atoms with Crippen molar-refractivity contribution < 1.29 is 18.0 Å². The molecule has 134 valence electrons. The van der Waals surface area contributed by atoms with Crippen LogP contribution in [0.2, 0.25) is 0 Å². The predicted octanol–water partition coefficient (Wildman–Crippen LogP) is 3.77. The Hall–Kier alpha value is -2.74. The van der Waals surface area contributed by atoms with Crippen molar-refractivity contribution in [1.29, 1.82) is 0 Å². The van der Waals surface area contributed by atoms with Gasteiger partial charge in [-0.05, 0) is 18.2 Å². The topological polar surface area (TPSA) is 59.2 Å². The maximum Gasteiger partial charge on any atom is 0.277 e. The number of hydrogen-bond acceptors (Lipinski definition) is 5. The van der Waals surface area contributed by atoms with E-state index in [1.165, 1.54) is 23.1 Å². The van der Waals surface area contributed by atoms with E-state index in [0.717, 1.165) is 11.8 Å². The monoisotopic (exact) mass is 375 g/mol. The molecule has 0 spiro atoms. The number of carbonyl (C=O) groups is 1. The summed E-state index contributed by atoms with van der Waals surface area (Å²) in [6.07, 6.45) is 0. The summed E-state index contributed by atoms with van der Waals surface area (Å²) >= 11 is 1.05. The Morgan fingerprint density at radius 2 is 1.77 bits per heavy atom. The fourth-order valence-corrected chi connectivity index (χ4v) is 2.92. The van der Waals surface area contributed by atoms with Crippen LogP contribution in [0.3, 0.4) is 0 Å². The molecular formula is C18H15F2N3O2S. The van der Waals surface area contributed by atoms with Gasteiger partial charge in [-0.2, -0.15) is 0 Å². The second-order valence-electron chi connectivity index (χ2n) is 5.48. The molecule has 0 atom stereocenters. The Labute approximate surface area is 153 Å². The Morgan fingerprint density at radius 1 is 1.08 bits per heavy atom. The van der Waals surface area contributed by atoms with Gasteiger partial charge in [-0.15, -0.1) is 10.2 Å². The molecule has 26 heavy (non-hydrogen) atoms. The Kier molecular flexibility index (Phi) is 5.62. The van der Waals surface area contributed by atoms with E-state index in [0.29, 0.717) is 5.56 Å². The van der Waals surface area contributed by atoms with Gasteiger partial charge >= 0.3 is 0 Å². The predicted molar refractivity (Wildman–Crippen MR) is 93.3 cm³/mol. The molecule has 3 rings (SSSR count). The highest BCUT2D eigenvalue weighted by molar-refractivity contribution is 7.99. The van der Waals surface area contributed by atoms with E-state index < -0.39 is 5.82 Å². The van der Waals surface area contributed by atoms with Crippen molar-refractivity contribution in [3.63, 3.8) is 0 Å². The molecule has 2 aromatic carbocycles. The first-order valence-electron chi connectivity index (χ1n) is 7.73. The van der Waals surface area contributed by atoms with Crippen molar-refractivity contribution in [3.05, 3.63) is 65.7 Å². The molecule has 0 fully saturated rings. The lowest BCUT2D eigenvalue weighted by molar-refractivity contribution is -0.127. The van der Waals surface area contributed by atoms with Crippen LogP contribution in [-0.4, -0.2) is 33.8 Å². The number of carbonyl (C=O) groups excluding carboxylic acids is 1. The number of benzene rings is 2. The summed E-state index contributed by atoms with van der Waals surface area (Å²) in [5.74, 6) is -0.939. The molecule has 1 heterocycles. The van der Waals surface area contributed by atoms with Crippen molar-refractivity contribution in [3.8, 4) is 11.5 Å².